The molecule has 1 aromatic rings. The minimum Gasteiger partial charge on any atom is -0.508 e. The Kier molecular flexibility index (Phi) is 3.74. The van der Waals surface area contributed by atoms with Crippen LogP contribution < -0.4 is 0 Å². The zero-order chi connectivity index (χ0) is 14.0. The molecule has 0 radical (unpaired) electrons. The lowest BCUT2D eigenvalue weighted by Gasteiger charge is -2.16. The molecule has 1 fully saturated rings. The zero-order valence-electron chi connectivity index (χ0n) is 10.7. The second kappa shape index (κ2) is 5.30. The summed E-state index contributed by atoms with van der Waals surface area (Å²) in [4.78, 5) is 24.0. The normalized spacial score (nSPS) is 20.9. The minimum atomic E-state index is -0.898. The standard InChI is InChI=1S/C14H17NO4/c1-15(7-6-13(17)18)14(19)12-8-11(12)9-2-4-10(16)5-3-9/h2-5,11-12,16H,6-8H2,1H3,(H,17,18). The van der Waals surface area contributed by atoms with Gasteiger partial charge in [-0.15, -0.1) is 0 Å². The Morgan fingerprint density at radius 3 is 2.53 bits per heavy atom. The van der Waals surface area contributed by atoms with Gasteiger partial charge < -0.3 is 15.1 Å². The number of phenolic OH excluding ortho intramolecular Hbond substituents is 1. The molecular formula is C14H17NO4. The largest absolute Gasteiger partial charge is 0.508 e. The molecule has 1 aromatic carbocycles. The van der Waals surface area contributed by atoms with Gasteiger partial charge in [0.25, 0.3) is 0 Å². The number of carbonyl (C=O) groups is 2. The molecule has 0 spiro atoms. The van der Waals surface area contributed by atoms with Crippen molar-refractivity contribution in [3.8, 4) is 5.75 Å². The van der Waals surface area contributed by atoms with Crippen LogP contribution in [0.15, 0.2) is 24.3 Å². The Balaban J connectivity index is 1.89. The molecule has 2 atom stereocenters. The number of rotatable bonds is 5. The van der Waals surface area contributed by atoms with Crippen molar-refractivity contribution in [2.24, 2.45) is 5.92 Å². The van der Waals surface area contributed by atoms with E-state index in [-0.39, 0.29) is 36.5 Å². The lowest BCUT2D eigenvalue weighted by Crippen LogP contribution is -2.30. The highest BCUT2D eigenvalue weighted by Gasteiger charge is 2.45. The fourth-order valence-corrected chi connectivity index (χ4v) is 2.21. The maximum Gasteiger partial charge on any atom is 0.305 e. The number of aliphatic carboxylic acids is 1. The molecule has 19 heavy (non-hydrogen) atoms. The number of benzene rings is 1. The first-order valence-corrected chi connectivity index (χ1v) is 6.24. The fraction of sp³-hybridized carbons (Fsp3) is 0.429. The number of carboxylic acids is 1. The molecule has 0 heterocycles. The summed E-state index contributed by atoms with van der Waals surface area (Å²) in [6.45, 7) is 0.243. The van der Waals surface area contributed by atoms with Gasteiger partial charge in [0.2, 0.25) is 5.91 Å². The van der Waals surface area contributed by atoms with Crippen molar-refractivity contribution < 1.29 is 19.8 Å². The van der Waals surface area contributed by atoms with Gasteiger partial charge in [-0.2, -0.15) is 0 Å². The molecule has 1 saturated carbocycles. The number of aromatic hydroxyl groups is 1. The number of carbonyl (C=O) groups excluding carboxylic acids is 1. The summed E-state index contributed by atoms with van der Waals surface area (Å²) in [5, 5.41) is 17.8. The van der Waals surface area contributed by atoms with Gasteiger partial charge in [0.05, 0.1) is 6.42 Å². The van der Waals surface area contributed by atoms with Crippen LogP contribution in [0.4, 0.5) is 0 Å². The van der Waals surface area contributed by atoms with E-state index in [1.54, 1.807) is 19.2 Å². The highest BCUT2D eigenvalue weighted by Crippen LogP contribution is 2.48. The van der Waals surface area contributed by atoms with E-state index in [4.69, 9.17) is 5.11 Å². The minimum absolute atomic E-state index is 0.000625. The van der Waals surface area contributed by atoms with E-state index in [0.29, 0.717) is 0 Å². The van der Waals surface area contributed by atoms with Crippen molar-refractivity contribution >= 4 is 11.9 Å². The van der Waals surface area contributed by atoms with E-state index < -0.39 is 5.97 Å². The summed E-state index contributed by atoms with van der Waals surface area (Å²) < 4.78 is 0. The van der Waals surface area contributed by atoms with Gasteiger partial charge in [0.15, 0.2) is 0 Å². The van der Waals surface area contributed by atoms with Crippen LogP contribution in [-0.2, 0) is 9.59 Å². The first-order valence-electron chi connectivity index (χ1n) is 6.24. The summed E-state index contributed by atoms with van der Waals surface area (Å²) in [6.07, 6.45) is 0.764. The van der Waals surface area contributed by atoms with Crippen molar-refractivity contribution in [3.05, 3.63) is 29.8 Å². The van der Waals surface area contributed by atoms with E-state index >= 15 is 0 Å². The molecule has 1 aliphatic carbocycles. The molecular weight excluding hydrogens is 246 g/mol. The Labute approximate surface area is 111 Å². The van der Waals surface area contributed by atoms with Crippen LogP contribution in [0.2, 0.25) is 0 Å². The van der Waals surface area contributed by atoms with Gasteiger partial charge in [0.1, 0.15) is 5.75 Å². The van der Waals surface area contributed by atoms with Gasteiger partial charge in [-0.3, -0.25) is 9.59 Å². The Bertz CT molecular complexity index is 483. The summed E-state index contributed by atoms with van der Waals surface area (Å²) in [6, 6.07) is 6.88. The van der Waals surface area contributed by atoms with Crippen LogP contribution in [0.3, 0.4) is 0 Å². The topological polar surface area (TPSA) is 77.8 Å². The Morgan fingerprint density at radius 2 is 1.95 bits per heavy atom. The molecule has 2 N–H and O–H groups in total. The molecule has 2 rings (SSSR count). The molecule has 5 nitrogen and oxygen atoms in total. The van der Waals surface area contributed by atoms with E-state index in [0.717, 1.165) is 12.0 Å². The van der Waals surface area contributed by atoms with Gasteiger partial charge in [-0.25, -0.2) is 0 Å². The number of hydrogen-bond donors (Lipinski definition) is 2. The van der Waals surface area contributed by atoms with Crippen LogP contribution in [0.25, 0.3) is 0 Å². The highest BCUT2D eigenvalue weighted by atomic mass is 16.4. The van der Waals surface area contributed by atoms with Gasteiger partial charge in [-0.05, 0) is 30.0 Å². The fourth-order valence-electron chi connectivity index (χ4n) is 2.21. The maximum absolute atomic E-state index is 12.1. The molecule has 0 aromatic heterocycles. The van der Waals surface area contributed by atoms with Crippen LogP contribution in [0, 0.1) is 5.92 Å². The molecule has 1 aliphatic rings. The van der Waals surface area contributed by atoms with Crippen LogP contribution in [-0.4, -0.2) is 40.6 Å². The molecule has 0 aliphatic heterocycles. The van der Waals surface area contributed by atoms with E-state index in [1.807, 2.05) is 12.1 Å². The number of phenols is 1. The monoisotopic (exact) mass is 263 g/mol. The Hall–Kier alpha value is -2.04. The second-order valence-electron chi connectivity index (χ2n) is 4.94. The smallest absolute Gasteiger partial charge is 0.305 e. The SMILES string of the molecule is CN(CCC(=O)O)C(=O)C1CC1c1ccc(O)cc1. The highest BCUT2D eigenvalue weighted by molar-refractivity contribution is 5.83. The molecule has 2 unspecified atom stereocenters. The zero-order valence-corrected chi connectivity index (χ0v) is 10.7. The third kappa shape index (κ3) is 3.24. The van der Waals surface area contributed by atoms with Crippen LogP contribution in [0.5, 0.6) is 5.75 Å². The second-order valence-corrected chi connectivity index (χ2v) is 4.94. The number of carboxylic acid groups (broad SMARTS) is 1. The van der Waals surface area contributed by atoms with Crippen molar-refractivity contribution in [1.29, 1.82) is 0 Å². The summed E-state index contributed by atoms with van der Waals surface area (Å²) in [7, 11) is 1.64. The number of amides is 1. The van der Waals surface area contributed by atoms with Gasteiger partial charge in [0, 0.05) is 19.5 Å². The molecule has 5 heteroatoms. The van der Waals surface area contributed by atoms with E-state index in [1.165, 1.54) is 4.90 Å². The Morgan fingerprint density at radius 1 is 1.32 bits per heavy atom. The van der Waals surface area contributed by atoms with E-state index in [2.05, 4.69) is 0 Å². The van der Waals surface area contributed by atoms with Crippen molar-refractivity contribution in [2.45, 2.75) is 18.8 Å². The quantitative estimate of drug-likeness (QED) is 0.842. The van der Waals surface area contributed by atoms with Gasteiger partial charge >= 0.3 is 5.97 Å². The third-order valence-electron chi connectivity index (χ3n) is 3.47. The summed E-state index contributed by atoms with van der Waals surface area (Å²) in [5.74, 6) is -0.542. The number of nitrogens with zero attached hydrogens (tertiary/aromatic N) is 1. The van der Waals surface area contributed by atoms with Crippen molar-refractivity contribution in [1.82, 2.24) is 4.90 Å². The molecule has 0 bridgehead atoms. The first kappa shape index (κ1) is 13.4. The average Bonchev–Trinajstić information content (AvgIpc) is 3.16. The average molecular weight is 263 g/mol. The van der Waals surface area contributed by atoms with Crippen LogP contribution >= 0.6 is 0 Å². The first-order chi connectivity index (χ1) is 8.99. The predicted octanol–water partition coefficient (Wildman–Crippen LogP) is 1.43. The lowest BCUT2D eigenvalue weighted by atomic mass is 10.1. The van der Waals surface area contributed by atoms with Gasteiger partial charge in [-0.1, -0.05) is 12.1 Å². The maximum atomic E-state index is 12.1. The summed E-state index contributed by atoms with van der Waals surface area (Å²) in [5.41, 5.74) is 1.04. The van der Waals surface area contributed by atoms with E-state index in [9.17, 15) is 14.7 Å². The molecule has 0 saturated heterocycles. The third-order valence-corrected chi connectivity index (χ3v) is 3.47. The molecule has 1 amide bonds. The molecule has 102 valence electrons. The number of hydrogen-bond acceptors (Lipinski definition) is 3. The lowest BCUT2D eigenvalue weighted by molar-refractivity contribution is -0.138. The van der Waals surface area contributed by atoms with Crippen molar-refractivity contribution in [2.75, 3.05) is 13.6 Å². The van der Waals surface area contributed by atoms with Crippen LogP contribution in [0.1, 0.15) is 24.3 Å². The van der Waals surface area contributed by atoms with Crippen molar-refractivity contribution in [3.63, 3.8) is 0 Å². The summed E-state index contributed by atoms with van der Waals surface area (Å²) >= 11 is 0. The predicted molar refractivity (Wildman–Crippen MR) is 68.8 cm³/mol.